The zero-order valence-electron chi connectivity index (χ0n) is 20.0. The molecule has 184 valence electrons. The Morgan fingerprint density at radius 3 is 2.63 bits per heavy atom. The number of benzene rings is 1. The zero-order chi connectivity index (χ0) is 24.6. The van der Waals surface area contributed by atoms with Crippen LogP contribution in [-0.4, -0.2) is 43.0 Å². The summed E-state index contributed by atoms with van der Waals surface area (Å²) in [4.78, 5) is 9.35. The summed E-state index contributed by atoms with van der Waals surface area (Å²) in [6.45, 7) is 8.25. The first-order valence-electron chi connectivity index (χ1n) is 11.7. The minimum absolute atomic E-state index is 0.0836. The molecule has 1 aliphatic rings. The van der Waals surface area contributed by atoms with E-state index in [-0.39, 0.29) is 18.0 Å². The summed E-state index contributed by atoms with van der Waals surface area (Å²) in [5.74, 6) is 0.244. The van der Waals surface area contributed by atoms with E-state index in [0.717, 1.165) is 43.1 Å². The second kappa shape index (κ2) is 9.21. The Kier molecular flexibility index (Phi) is 6.10. The van der Waals surface area contributed by atoms with Crippen LogP contribution in [0.3, 0.4) is 0 Å². The smallest absolute Gasteiger partial charge is 0.227 e. The van der Waals surface area contributed by atoms with Crippen LogP contribution in [0.2, 0.25) is 0 Å². The van der Waals surface area contributed by atoms with E-state index in [1.165, 1.54) is 12.1 Å². The topological polar surface area (TPSA) is 108 Å². The van der Waals surface area contributed by atoms with Gasteiger partial charge < -0.3 is 16.0 Å². The average Bonchev–Trinajstić information content (AvgIpc) is 3.46. The molecule has 1 aromatic carbocycles. The molecular weight excluding hydrogens is 452 g/mol. The molecule has 1 aliphatic heterocycles. The largest absolute Gasteiger partial charge is 0.350 e. The molecule has 4 heterocycles. The van der Waals surface area contributed by atoms with E-state index in [4.69, 9.17) is 4.98 Å². The van der Waals surface area contributed by atoms with E-state index in [9.17, 15) is 8.78 Å². The summed E-state index contributed by atoms with van der Waals surface area (Å²) in [5, 5.41) is 22.6. The lowest BCUT2D eigenvalue weighted by molar-refractivity contribution is 0.350. The first-order valence-corrected chi connectivity index (χ1v) is 11.7. The van der Waals surface area contributed by atoms with Crippen molar-refractivity contribution in [1.82, 2.24) is 35.3 Å². The van der Waals surface area contributed by atoms with Gasteiger partial charge in [0.15, 0.2) is 11.5 Å². The van der Waals surface area contributed by atoms with Gasteiger partial charge in [0.2, 0.25) is 5.95 Å². The van der Waals surface area contributed by atoms with Crippen LogP contribution in [-0.2, 0) is 12.0 Å². The Labute approximate surface area is 201 Å². The molecule has 0 spiro atoms. The van der Waals surface area contributed by atoms with Crippen molar-refractivity contribution in [2.75, 3.05) is 23.7 Å². The van der Waals surface area contributed by atoms with Gasteiger partial charge in [-0.2, -0.15) is 20.2 Å². The molecule has 4 aromatic rings. The van der Waals surface area contributed by atoms with Crippen molar-refractivity contribution in [3.05, 3.63) is 53.4 Å². The van der Waals surface area contributed by atoms with Crippen molar-refractivity contribution in [3.63, 3.8) is 0 Å². The SMILES string of the molecule is CC(C)(C)c1cc(Nc2nc(NCc3ccc(F)cc3F)nc3c2cnn3C2CCNCC2)n[nH]1. The molecule has 4 N–H and O–H groups in total. The highest BCUT2D eigenvalue weighted by molar-refractivity contribution is 5.89. The van der Waals surface area contributed by atoms with E-state index in [2.05, 4.69) is 57.0 Å². The second-order valence-corrected chi connectivity index (χ2v) is 9.83. The molecule has 35 heavy (non-hydrogen) atoms. The van der Waals surface area contributed by atoms with Gasteiger partial charge in [0, 0.05) is 35.3 Å². The predicted molar refractivity (Wildman–Crippen MR) is 131 cm³/mol. The van der Waals surface area contributed by atoms with Gasteiger partial charge in [-0.15, -0.1) is 0 Å². The van der Waals surface area contributed by atoms with Crippen molar-refractivity contribution in [3.8, 4) is 0 Å². The molecule has 11 heteroatoms. The molecule has 0 atom stereocenters. The van der Waals surface area contributed by atoms with Gasteiger partial charge >= 0.3 is 0 Å². The quantitative estimate of drug-likeness (QED) is 0.323. The standard InChI is InChI=1S/C24H29F2N9/c1-24(2,3)19-11-20(34-33-19)30-21-17-13-29-35(16-6-8-27-9-7-16)22(17)32-23(31-21)28-12-14-4-5-15(25)10-18(14)26/h4-5,10-11,13,16,27H,6-9,12H2,1-3H3,(H3,28,30,31,32,33,34). The summed E-state index contributed by atoms with van der Waals surface area (Å²) in [6, 6.07) is 5.67. The number of halogens is 2. The van der Waals surface area contributed by atoms with Crippen molar-refractivity contribution in [1.29, 1.82) is 0 Å². The van der Waals surface area contributed by atoms with Gasteiger partial charge in [0.25, 0.3) is 0 Å². The Hall–Kier alpha value is -3.60. The zero-order valence-corrected chi connectivity index (χ0v) is 20.0. The number of hydrogen-bond donors (Lipinski definition) is 4. The van der Waals surface area contributed by atoms with Gasteiger partial charge in [-0.1, -0.05) is 26.8 Å². The third kappa shape index (κ3) is 4.95. The molecule has 9 nitrogen and oxygen atoms in total. The number of nitrogens with zero attached hydrogens (tertiary/aromatic N) is 5. The van der Waals surface area contributed by atoms with Crippen LogP contribution in [0.4, 0.5) is 26.4 Å². The maximum Gasteiger partial charge on any atom is 0.227 e. The number of fused-ring (bicyclic) bond motifs is 1. The molecule has 3 aromatic heterocycles. The van der Waals surface area contributed by atoms with E-state index >= 15 is 0 Å². The van der Waals surface area contributed by atoms with Crippen LogP contribution in [0.25, 0.3) is 11.0 Å². The van der Waals surface area contributed by atoms with E-state index in [0.29, 0.717) is 28.8 Å². The molecule has 1 fully saturated rings. The monoisotopic (exact) mass is 481 g/mol. The Morgan fingerprint density at radius 2 is 1.91 bits per heavy atom. The van der Waals surface area contributed by atoms with Crippen molar-refractivity contribution in [2.45, 2.75) is 51.6 Å². The fraction of sp³-hybridized carbons (Fsp3) is 0.417. The van der Waals surface area contributed by atoms with E-state index in [1.54, 1.807) is 6.20 Å². The molecule has 1 saturated heterocycles. The molecule has 0 aliphatic carbocycles. The maximum atomic E-state index is 14.2. The summed E-state index contributed by atoms with van der Waals surface area (Å²) < 4.78 is 29.4. The number of rotatable bonds is 6. The fourth-order valence-electron chi connectivity index (χ4n) is 4.15. The van der Waals surface area contributed by atoms with Gasteiger partial charge in [0.05, 0.1) is 17.6 Å². The third-order valence-electron chi connectivity index (χ3n) is 6.19. The highest BCUT2D eigenvalue weighted by Gasteiger charge is 2.22. The number of H-pyrrole nitrogens is 1. The molecule has 0 radical (unpaired) electrons. The summed E-state index contributed by atoms with van der Waals surface area (Å²) in [6.07, 6.45) is 3.66. The number of anilines is 3. The van der Waals surface area contributed by atoms with Crippen molar-refractivity contribution < 1.29 is 8.78 Å². The molecule has 0 saturated carbocycles. The highest BCUT2D eigenvalue weighted by Crippen LogP contribution is 2.30. The lowest BCUT2D eigenvalue weighted by Crippen LogP contribution is -2.30. The summed E-state index contributed by atoms with van der Waals surface area (Å²) in [7, 11) is 0. The van der Waals surface area contributed by atoms with Crippen LogP contribution in [0.15, 0.2) is 30.5 Å². The lowest BCUT2D eigenvalue weighted by atomic mass is 9.92. The Bertz CT molecular complexity index is 1330. The molecule has 0 amide bonds. The molecule has 5 rings (SSSR count). The molecule has 0 unspecified atom stereocenters. The first-order chi connectivity index (χ1) is 16.8. The normalized spacial score (nSPS) is 15.0. The van der Waals surface area contributed by atoms with Crippen molar-refractivity contribution >= 4 is 28.6 Å². The first kappa shape index (κ1) is 23.2. The van der Waals surface area contributed by atoms with Crippen LogP contribution < -0.4 is 16.0 Å². The van der Waals surface area contributed by atoms with Crippen molar-refractivity contribution in [2.24, 2.45) is 0 Å². The molecule has 0 bridgehead atoms. The predicted octanol–water partition coefficient (Wildman–Crippen LogP) is 4.41. The number of nitrogens with one attached hydrogen (secondary N) is 4. The summed E-state index contributed by atoms with van der Waals surface area (Å²) in [5.41, 5.74) is 1.90. The van der Waals surface area contributed by atoms with Crippen LogP contribution in [0, 0.1) is 11.6 Å². The lowest BCUT2D eigenvalue weighted by Gasteiger charge is -2.23. The van der Waals surface area contributed by atoms with Crippen LogP contribution in [0.5, 0.6) is 0 Å². The number of piperidine rings is 1. The number of hydrogen-bond acceptors (Lipinski definition) is 7. The number of aromatic nitrogens is 6. The second-order valence-electron chi connectivity index (χ2n) is 9.83. The highest BCUT2D eigenvalue weighted by atomic mass is 19.1. The molecular formula is C24H29F2N9. The van der Waals surface area contributed by atoms with Crippen LogP contribution >= 0.6 is 0 Å². The Morgan fingerprint density at radius 1 is 1.11 bits per heavy atom. The van der Waals surface area contributed by atoms with Gasteiger partial charge in [0.1, 0.15) is 17.5 Å². The minimum Gasteiger partial charge on any atom is -0.350 e. The number of aromatic amines is 1. The van der Waals surface area contributed by atoms with E-state index in [1.807, 2.05) is 10.7 Å². The van der Waals surface area contributed by atoms with Gasteiger partial charge in [-0.3, -0.25) is 5.10 Å². The third-order valence-corrected chi connectivity index (χ3v) is 6.19. The maximum absolute atomic E-state index is 14.2. The van der Waals surface area contributed by atoms with Gasteiger partial charge in [-0.05, 0) is 32.0 Å². The van der Waals surface area contributed by atoms with Crippen LogP contribution in [0.1, 0.15) is 50.9 Å². The Balaban J connectivity index is 1.50. The fourth-order valence-corrected chi connectivity index (χ4v) is 4.15. The van der Waals surface area contributed by atoms with E-state index < -0.39 is 11.6 Å². The minimum atomic E-state index is -0.622. The summed E-state index contributed by atoms with van der Waals surface area (Å²) >= 11 is 0. The van der Waals surface area contributed by atoms with Gasteiger partial charge in [-0.25, -0.2) is 13.5 Å². The average molecular weight is 482 g/mol.